The number of aromatic nitrogens is 2. The zero-order valence-electron chi connectivity index (χ0n) is 9.45. The molecule has 0 aliphatic rings. The van der Waals surface area contributed by atoms with Crippen molar-refractivity contribution in [3.05, 3.63) is 28.7 Å². The zero-order chi connectivity index (χ0) is 13.9. The highest BCUT2D eigenvalue weighted by atomic mass is 79.9. The van der Waals surface area contributed by atoms with Crippen LogP contribution in [0, 0.1) is 0 Å². The van der Waals surface area contributed by atoms with Gasteiger partial charge in [0.1, 0.15) is 0 Å². The molecule has 0 unspecified atom stereocenters. The summed E-state index contributed by atoms with van der Waals surface area (Å²) in [5, 5.41) is 7.66. The van der Waals surface area contributed by atoms with Gasteiger partial charge < -0.3 is 4.42 Å². The summed E-state index contributed by atoms with van der Waals surface area (Å²) in [4.78, 5) is 0. The average molecular weight is 353 g/mol. The molecule has 0 aliphatic heterocycles. The van der Waals surface area contributed by atoms with Gasteiger partial charge in [-0.3, -0.25) is 0 Å². The Labute approximate surface area is 119 Å². The van der Waals surface area contributed by atoms with Crippen LogP contribution in [0.4, 0.5) is 13.2 Å². The first-order valence-electron chi connectivity index (χ1n) is 5.24. The minimum absolute atomic E-state index is 0.134. The molecule has 1 heterocycles. The second-order valence-corrected chi connectivity index (χ2v) is 5.47. The monoisotopic (exact) mass is 352 g/mol. The first kappa shape index (κ1) is 14.4. The lowest BCUT2D eigenvalue weighted by molar-refractivity contribution is -0.129. The minimum atomic E-state index is -4.17. The second kappa shape index (κ2) is 5.96. The van der Waals surface area contributed by atoms with E-state index in [1.807, 2.05) is 12.1 Å². The molecule has 1 aromatic heterocycles. The maximum atomic E-state index is 12.0. The summed E-state index contributed by atoms with van der Waals surface area (Å²) in [5.41, 5.74) is 0.706. The molecule has 0 fully saturated rings. The Morgan fingerprint density at radius 2 is 1.95 bits per heavy atom. The van der Waals surface area contributed by atoms with Crippen molar-refractivity contribution in [2.24, 2.45) is 0 Å². The van der Waals surface area contributed by atoms with E-state index in [-0.39, 0.29) is 16.9 Å². The van der Waals surface area contributed by atoms with Gasteiger partial charge in [-0.25, -0.2) is 0 Å². The van der Waals surface area contributed by atoms with E-state index in [4.69, 9.17) is 4.42 Å². The van der Waals surface area contributed by atoms with Crippen LogP contribution in [0.2, 0.25) is 0 Å². The van der Waals surface area contributed by atoms with Crippen LogP contribution < -0.4 is 0 Å². The van der Waals surface area contributed by atoms with E-state index >= 15 is 0 Å². The highest BCUT2D eigenvalue weighted by molar-refractivity contribution is 9.10. The molecule has 0 spiro atoms. The molecule has 0 saturated carbocycles. The fourth-order valence-corrected chi connectivity index (χ4v) is 2.46. The SMILES string of the molecule is FC(F)(F)CCSc1nnc(-c2ccccc2Br)o1. The standard InChI is InChI=1S/C11H8BrF3N2OS/c12-8-4-2-1-3-7(8)9-16-17-10(18-9)19-6-5-11(13,14)15/h1-4H,5-6H2. The third-order valence-corrected chi connectivity index (χ3v) is 3.63. The molecule has 2 aromatic rings. The molecular weight excluding hydrogens is 345 g/mol. The molecule has 0 bridgehead atoms. The lowest BCUT2D eigenvalue weighted by Gasteiger charge is -2.02. The van der Waals surface area contributed by atoms with E-state index in [0.717, 1.165) is 16.2 Å². The Kier molecular flexibility index (Phi) is 4.51. The fourth-order valence-electron chi connectivity index (χ4n) is 1.27. The summed E-state index contributed by atoms with van der Waals surface area (Å²) in [6.07, 6.45) is -5.05. The fraction of sp³-hybridized carbons (Fsp3) is 0.273. The highest BCUT2D eigenvalue weighted by Gasteiger charge is 2.26. The number of nitrogens with zero attached hydrogens (tertiary/aromatic N) is 2. The molecular formula is C11H8BrF3N2OS. The lowest BCUT2D eigenvalue weighted by Crippen LogP contribution is -2.07. The number of benzene rings is 1. The number of alkyl halides is 3. The number of hydrogen-bond acceptors (Lipinski definition) is 4. The molecule has 0 N–H and O–H groups in total. The van der Waals surface area contributed by atoms with Gasteiger partial charge in [0.15, 0.2) is 0 Å². The van der Waals surface area contributed by atoms with E-state index < -0.39 is 12.6 Å². The van der Waals surface area contributed by atoms with Gasteiger partial charge in [0, 0.05) is 10.2 Å². The Bertz CT molecular complexity index is 559. The maximum Gasteiger partial charge on any atom is 0.389 e. The molecule has 0 saturated heterocycles. The van der Waals surface area contributed by atoms with Crippen molar-refractivity contribution in [1.82, 2.24) is 10.2 Å². The summed E-state index contributed by atoms with van der Waals surface area (Å²) in [6.45, 7) is 0. The van der Waals surface area contributed by atoms with Crippen LogP contribution >= 0.6 is 27.7 Å². The summed E-state index contributed by atoms with van der Waals surface area (Å²) >= 11 is 4.23. The zero-order valence-corrected chi connectivity index (χ0v) is 11.8. The van der Waals surface area contributed by atoms with Crippen LogP contribution in [0.5, 0.6) is 0 Å². The molecule has 0 radical (unpaired) electrons. The average Bonchev–Trinajstić information content (AvgIpc) is 2.76. The van der Waals surface area contributed by atoms with Crippen molar-refractivity contribution in [1.29, 1.82) is 0 Å². The van der Waals surface area contributed by atoms with Crippen LogP contribution in [0.3, 0.4) is 0 Å². The predicted molar refractivity (Wildman–Crippen MR) is 68.8 cm³/mol. The molecule has 0 amide bonds. The molecule has 0 atom stereocenters. The van der Waals surface area contributed by atoms with Crippen molar-refractivity contribution in [3.8, 4) is 11.5 Å². The normalized spacial score (nSPS) is 11.8. The van der Waals surface area contributed by atoms with Gasteiger partial charge in [0.05, 0.1) is 12.0 Å². The Morgan fingerprint density at radius 3 is 2.63 bits per heavy atom. The summed E-state index contributed by atoms with van der Waals surface area (Å²) < 4.78 is 42.1. The van der Waals surface area contributed by atoms with Crippen LogP contribution in [-0.2, 0) is 0 Å². The molecule has 3 nitrogen and oxygen atoms in total. The molecule has 1 aromatic carbocycles. The van der Waals surface area contributed by atoms with Gasteiger partial charge in [-0.05, 0) is 28.1 Å². The van der Waals surface area contributed by atoms with Gasteiger partial charge in [0.25, 0.3) is 5.22 Å². The summed E-state index contributed by atoms with van der Waals surface area (Å²) in [6, 6.07) is 7.24. The number of rotatable bonds is 4. The van der Waals surface area contributed by atoms with E-state index in [0.29, 0.717) is 5.56 Å². The predicted octanol–water partition coefficient (Wildman–Crippen LogP) is 4.54. The quantitative estimate of drug-likeness (QED) is 0.757. The molecule has 2 rings (SSSR count). The first-order chi connectivity index (χ1) is 8.96. The number of halogens is 4. The van der Waals surface area contributed by atoms with Gasteiger partial charge in [-0.15, -0.1) is 10.2 Å². The lowest BCUT2D eigenvalue weighted by atomic mass is 10.2. The third-order valence-electron chi connectivity index (χ3n) is 2.12. The van der Waals surface area contributed by atoms with Crippen LogP contribution in [0.15, 0.2) is 38.4 Å². The van der Waals surface area contributed by atoms with Gasteiger partial charge in [0.2, 0.25) is 5.89 Å². The first-order valence-corrected chi connectivity index (χ1v) is 7.01. The summed E-state index contributed by atoms with van der Waals surface area (Å²) in [7, 11) is 0. The highest BCUT2D eigenvalue weighted by Crippen LogP contribution is 2.30. The molecule has 8 heteroatoms. The van der Waals surface area contributed by atoms with E-state index in [2.05, 4.69) is 26.1 Å². The number of thioether (sulfide) groups is 1. The molecule has 0 aliphatic carbocycles. The Balaban J connectivity index is 2.02. The van der Waals surface area contributed by atoms with E-state index in [9.17, 15) is 13.2 Å². The smallest absolute Gasteiger partial charge is 0.389 e. The van der Waals surface area contributed by atoms with E-state index in [1.165, 1.54) is 0 Å². The Hall–Kier alpha value is -1.02. The van der Waals surface area contributed by atoms with Crippen LogP contribution in [0.25, 0.3) is 11.5 Å². The third kappa shape index (κ3) is 4.24. The maximum absolute atomic E-state index is 12.0. The van der Waals surface area contributed by atoms with Crippen LogP contribution in [-0.4, -0.2) is 22.1 Å². The topological polar surface area (TPSA) is 38.9 Å². The van der Waals surface area contributed by atoms with Gasteiger partial charge in [-0.2, -0.15) is 13.2 Å². The van der Waals surface area contributed by atoms with Gasteiger partial charge in [-0.1, -0.05) is 23.9 Å². The second-order valence-electron chi connectivity index (χ2n) is 3.57. The van der Waals surface area contributed by atoms with Crippen LogP contribution in [0.1, 0.15) is 6.42 Å². The Morgan fingerprint density at radius 1 is 1.21 bits per heavy atom. The van der Waals surface area contributed by atoms with Gasteiger partial charge >= 0.3 is 6.18 Å². The molecule has 19 heavy (non-hydrogen) atoms. The van der Waals surface area contributed by atoms with Crippen molar-refractivity contribution < 1.29 is 17.6 Å². The van der Waals surface area contributed by atoms with E-state index in [1.54, 1.807) is 12.1 Å². The molecule has 102 valence electrons. The largest absolute Gasteiger partial charge is 0.411 e. The van der Waals surface area contributed by atoms with Crippen molar-refractivity contribution >= 4 is 27.7 Å². The number of hydrogen-bond donors (Lipinski definition) is 0. The minimum Gasteiger partial charge on any atom is -0.411 e. The van der Waals surface area contributed by atoms with Crippen molar-refractivity contribution in [2.45, 2.75) is 17.8 Å². The summed E-state index contributed by atoms with van der Waals surface area (Å²) in [5.74, 6) is 0.142. The van der Waals surface area contributed by atoms with Crippen molar-refractivity contribution in [3.63, 3.8) is 0 Å². The van der Waals surface area contributed by atoms with Crippen molar-refractivity contribution in [2.75, 3.05) is 5.75 Å².